The van der Waals surface area contributed by atoms with Crippen LogP contribution in [0.1, 0.15) is 51.4 Å². The van der Waals surface area contributed by atoms with Crippen molar-refractivity contribution in [3.8, 4) is 0 Å². The zero-order chi connectivity index (χ0) is 11.1. The van der Waals surface area contributed by atoms with Crippen LogP contribution in [0.15, 0.2) is 12.7 Å². The van der Waals surface area contributed by atoms with E-state index < -0.39 is 0 Å². The molecule has 0 aromatic rings. The van der Waals surface area contributed by atoms with Gasteiger partial charge in [0.25, 0.3) is 0 Å². The number of hydrogen-bond acceptors (Lipinski definition) is 2. The number of aliphatic hydroxyl groups is 1. The van der Waals surface area contributed by atoms with Crippen molar-refractivity contribution in [2.24, 2.45) is 0 Å². The van der Waals surface area contributed by atoms with Crippen LogP contribution < -0.4 is 0 Å². The first-order valence-corrected chi connectivity index (χ1v) is 6.09. The van der Waals surface area contributed by atoms with E-state index in [2.05, 4.69) is 6.58 Å². The maximum atomic E-state index is 10.2. The van der Waals surface area contributed by atoms with Crippen molar-refractivity contribution >= 4 is 0 Å². The second-order valence-corrected chi connectivity index (χ2v) is 4.56. The Morgan fingerprint density at radius 1 is 1.40 bits per heavy atom. The first kappa shape index (κ1) is 12.7. The smallest absolute Gasteiger partial charge is 0.0936 e. The Labute approximate surface area is 93.3 Å². The lowest BCUT2D eigenvalue weighted by Gasteiger charge is -2.40. The van der Waals surface area contributed by atoms with E-state index in [1.807, 2.05) is 6.08 Å². The molecule has 0 aromatic heterocycles. The molecule has 0 aromatic carbocycles. The van der Waals surface area contributed by atoms with Crippen LogP contribution in [0.2, 0.25) is 0 Å². The Balaban J connectivity index is 2.44. The average molecular weight is 212 g/mol. The lowest BCUT2D eigenvalue weighted by Crippen LogP contribution is -2.45. The van der Waals surface area contributed by atoms with Crippen molar-refractivity contribution in [2.75, 3.05) is 7.11 Å². The highest BCUT2D eigenvalue weighted by Crippen LogP contribution is 2.35. The first-order valence-electron chi connectivity index (χ1n) is 6.09. The number of hydrogen-bond donors (Lipinski definition) is 1. The molecular weight excluding hydrogens is 188 g/mol. The van der Waals surface area contributed by atoms with Crippen LogP contribution in [0, 0.1) is 0 Å². The number of methoxy groups -OCH3 is 1. The quantitative estimate of drug-likeness (QED) is 0.541. The summed E-state index contributed by atoms with van der Waals surface area (Å²) in [5.74, 6) is 0. The van der Waals surface area contributed by atoms with Gasteiger partial charge in [-0.25, -0.2) is 0 Å². The third-order valence-electron chi connectivity index (χ3n) is 3.60. The normalized spacial score (nSPS) is 22.3. The van der Waals surface area contributed by atoms with Gasteiger partial charge in [-0.15, -0.1) is 6.58 Å². The SMILES string of the molecule is C=CCCCC(O)C1(OC)CCCCC1. The molecule has 1 aliphatic rings. The van der Waals surface area contributed by atoms with Crippen molar-refractivity contribution in [1.29, 1.82) is 0 Å². The maximum Gasteiger partial charge on any atom is 0.0936 e. The molecule has 1 rings (SSSR count). The minimum absolute atomic E-state index is 0.251. The molecular formula is C13H24O2. The van der Waals surface area contributed by atoms with Gasteiger partial charge in [0, 0.05) is 7.11 Å². The van der Waals surface area contributed by atoms with E-state index in [-0.39, 0.29) is 11.7 Å². The van der Waals surface area contributed by atoms with Crippen LogP contribution in [-0.4, -0.2) is 23.9 Å². The second kappa shape index (κ2) is 6.29. The standard InChI is InChI=1S/C13H24O2/c1-3-4-6-9-12(14)13(15-2)10-7-5-8-11-13/h3,12,14H,1,4-11H2,2H3. The third kappa shape index (κ3) is 3.32. The fourth-order valence-electron chi connectivity index (χ4n) is 2.54. The van der Waals surface area contributed by atoms with Crippen molar-refractivity contribution < 1.29 is 9.84 Å². The molecule has 1 saturated carbocycles. The molecule has 88 valence electrons. The maximum absolute atomic E-state index is 10.2. The molecule has 0 saturated heterocycles. The highest BCUT2D eigenvalue weighted by Gasteiger charge is 2.38. The third-order valence-corrected chi connectivity index (χ3v) is 3.60. The number of unbranched alkanes of at least 4 members (excludes halogenated alkanes) is 1. The molecule has 1 aliphatic carbocycles. The lowest BCUT2D eigenvalue weighted by molar-refractivity contribution is -0.125. The molecule has 0 amide bonds. The highest BCUT2D eigenvalue weighted by atomic mass is 16.5. The Bertz CT molecular complexity index is 183. The Morgan fingerprint density at radius 3 is 2.60 bits per heavy atom. The van der Waals surface area contributed by atoms with Gasteiger partial charge < -0.3 is 9.84 Å². The van der Waals surface area contributed by atoms with Crippen molar-refractivity contribution in [3.63, 3.8) is 0 Å². The van der Waals surface area contributed by atoms with Gasteiger partial charge in [0.05, 0.1) is 11.7 Å². The minimum Gasteiger partial charge on any atom is -0.390 e. The number of ether oxygens (including phenoxy) is 1. The topological polar surface area (TPSA) is 29.5 Å². The summed E-state index contributed by atoms with van der Waals surface area (Å²) in [4.78, 5) is 0. The van der Waals surface area contributed by atoms with Gasteiger partial charge in [0.2, 0.25) is 0 Å². The molecule has 1 atom stereocenters. The zero-order valence-corrected chi connectivity index (χ0v) is 9.87. The summed E-state index contributed by atoms with van der Waals surface area (Å²) in [6.45, 7) is 3.69. The van der Waals surface area contributed by atoms with Crippen molar-refractivity contribution in [2.45, 2.75) is 63.1 Å². The van der Waals surface area contributed by atoms with Crippen LogP contribution in [-0.2, 0) is 4.74 Å². The first-order chi connectivity index (χ1) is 7.25. The van der Waals surface area contributed by atoms with Gasteiger partial charge in [0.15, 0.2) is 0 Å². The van der Waals surface area contributed by atoms with E-state index in [0.29, 0.717) is 0 Å². The molecule has 0 radical (unpaired) electrons. The fourth-order valence-corrected chi connectivity index (χ4v) is 2.54. The van der Waals surface area contributed by atoms with Gasteiger partial charge in [-0.05, 0) is 32.1 Å². The molecule has 1 N–H and O–H groups in total. The van der Waals surface area contributed by atoms with E-state index in [0.717, 1.165) is 32.1 Å². The van der Waals surface area contributed by atoms with Gasteiger partial charge in [-0.1, -0.05) is 25.3 Å². The molecule has 15 heavy (non-hydrogen) atoms. The fraction of sp³-hybridized carbons (Fsp3) is 0.846. The molecule has 2 heteroatoms. The average Bonchev–Trinajstić information content (AvgIpc) is 2.30. The van der Waals surface area contributed by atoms with Crippen LogP contribution in [0.3, 0.4) is 0 Å². The highest BCUT2D eigenvalue weighted by molar-refractivity contribution is 4.91. The van der Waals surface area contributed by atoms with E-state index in [1.54, 1.807) is 7.11 Å². The van der Waals surface area contributed by atoms with Gasteiger partial charge >= 0.3 is 0 Å². The summed E-state index contributed by atoms with van der Waals surface area (Å²) in [6, 6.07) is 0. The largest absolute Gasteiger partial charge is 0.390 e. The van der Waals surface area contributed by atoms with Crippen molar-refractivity contribution in [1.82, 2.24) is 0 Å². The predicted molar refractivity (Wildman–Crippen MR) is 62.9 cm³/mol. The van der Waals surface area contributed by atoms with E-state index in [4.69, 9.17) is 4.74 Å². The molecule has 1 unspecified atom stereocenters. The Kier molecular flexibility index (Phi) is 5.34. The summed E-state index contributed by atoms with van der Waals surface area (Å²) >= 11 is 0. The predicted octanol–water partition coefficient (Wildman–Crippen LogP) is 3.05. The van der Waals surface area contributed by atoms with Gasteiger partial charge in [0.1, 0.15) is 0 Å². The second-order valence-electron chi connectivity index (χ2n) is 4.56. The van der Waals surface area contributed by atoms with E-state index in [9.17, 15) is 5.11 Å². The van der Waals surface area contributed by atoms with Crippen LogP contribution in [0.25, 0.3) is 0 Å². The summed E-state index contributed by atoms with van der Waals surface area (Å²) in [5.41, 5.74) is -0.251. The molecule has 0 spiro atoms. The molecule has 1 fully saturated rings. The van der Waals surface area contributed by atoms with Crippen molar-refractivity contribution in [3.05, 3.63) is 12.7 Å². The molecule has 0 bridgehead atoms. The summed E-state index contributed by atoms with van der Waals surface area (Å²) in [6.07, 6.45) is 10.1. The number of rotatable bonds is 6. The summed E-state index contributed by atoms with van der Waals surface area (Å²) in [5, 5.41) is 10.2. The van der Waals surface area contributed by atoms with Gasteiger partial charge in [-0.3, -0.25) is 0 Å². The zero-order valence-electron chi connectivity index (χ0n) is 9.87. The summed E-state index contributed by atoms with van der Waals surface area (Å²) < 4.78 is 5.60. The minimum atomic E-state index is -0.303. The summed E-state index contributed by atoms with van der Waals surface area (Å²) in [7, 11) is 1.74. The van der Waals surface area contributed by atoms with Crippen LogP contribution >= 0.6 is 0 Å². The molecule has 0 aliphatic heterocycles. The van der Waals surface area contributed by atoms with Crippen LogP contribution in [0.5, 0.6) is 0 Å². The van der Waals surface area contributed by atoms with Gasteiger partial charge in [-0.2, -0.15) is 0 Å². The Morgan fingerprint density at radius 2 is 2.07 bits per heavy atom. The molecule has 0 heterocycles. The van der Waals surface area contributed by atoms with E-state index >= 15 is 0 Å². The Hall–Kier alpha value is -0.340. The lowest BCUT2D eigenvalue weighted by atomic mass is 9.79. The van der Waals surface area contributed by atoms with E-state index in [1.165, 1.54) is 19.3 Å². The molecule has 2 nitrogen and oxygen atoms in total. The number of aliphatic hydroxyl groups excluding tert-OH is 1. The number of allylic oxidation sites excluding steroid dienone is 1. The monoisotopic (exact) mass is 212 g/mol. The van der Waals surface area contributed by atoms with Crippen LogP contribution in [0.4, 0.5) is 0 Å².